The standard InChI is InChI=1S/C9H12Cl2N2.ClH/c1-2-3-7(12)6-4-5-8(10)13-9(6)11;/h4-5,7H,2-3,12H2,1H3;1H/t7-;/m1./s1. The molecule has 0 aliphatic rings. The minimum Gasteiger partial charge on any atom is -0.324 e. The lowest BCUT2D eigenvalue weighted by molar-refractivity contribution is 0.636. The van der Waals surface area contributed by atoms with Crippen molar-refractivity contribution < 1.29 is 0 Å². The predicted octanol–water partition coefficient (Wildman–Crippen LogP) is 3.61. The van der Waals surface area contributed by atoms with Gasteiger partial charge in [0, 0.05) is 11.6 Å². The van der Waals surface area contributed by atoms with Crippen molar-refractivity contribution in [3.05, 3.63) is 28.0 Å². The minimum atomic E-state index is -0.0396. The van der Waals surface area contributed by atoms with E-state index >= 15 is 0 Å². The highest BCUT2D eigenvalue weighted by molar-refractivity contribution is 6.32. The molecule has 0 aromatic carbocycles. The molecular formula is C9H13Cl3N2. The molecule has 1 aromatic rings. The third-order valence-electron chi connectivity index (χ3n) is 1.84. The molecule has 1 aromatic heterocycles. The average Bonchev–Trinajstić information content (AvgIpc) is 2.04. The first kappa shape index (κ1) is 14.0. The SMILES string of the molecule is CCC[C@@H](N)c1ccc(Cl)nc1Cl.Cl. The lowest BCUT2D eigenvalue weighted by Gasteiger charge is -2.11. The van der Waals surface area contributed by atoms with Gasteiger partial charge >= 0.3 is 0 Å². The zero-order valence-electron chi connectivity index (χ0n) is 7.84. The summed E-state index contributed by atoms with van der Waals surface area (Å²) in [6.07, 6.45) is 1.93. The number of hydrogen-bond donors (Lipinski definition) is 1. The van der Waals surface area contributed by atoms with Crippen molar-refractivity contribution in [2.24, 2.45) is 5.73 Å². The van der Waals surface area contributed by atoms with E-state index in [0.717, 1.165) is 18.4 Å². The number of nitrogens with two attached hydrogens (primary N) is 1. The third-order valence-corrected chi connectivity index (χ3v) is 2.36. The van der Waals surface area contributed by atoms with Crippen LogP contribution >= 0.6 is 35.6 Å². The van der Waals surface area contributed by atoms with E-state index in [1.807, 2.05) is 6.07 Å². The van der Waals surface area contributed by atoms with E-state index in [1.165, 1.54) is 0 Å². The highest BCUT2D eigenvalue weighted by Crippen LogP contribution is 2.24. The molecule has 2 nitrogen and oxygen atoms in total. The molecule has 0 aliphatic heterocycles. The smallest absolute Gasteiger partial charge is 0.135 e. The van der Waals surface area contributed by atoms with Crippen molar-refractivity contribution >= 4 is 35.6 Å². The largest absolute Gasteiger partial charge is 0.324 e. The van der Waals surface area contributed by atoms with Gasteiger partial charge in [0.1, 0.15) is 10.3 Å². The van der Waals surface area contributed by atoms with Gasteiger partial charge in [0.05, 0.1) is 0 Å². The minimum absolute atomic E-state index is 0. The van der Waals surface area contributed by atoms with Gasteiger partial charge in [-0.2, -0.15) is 0 Å². The highest BCUT2D eigenvalue weighted by atomic mass is 35.5. The maximum absolute atomic E-state index is 5.89. The normalized spacial score (nSPS) is 12.0. The molecule has 14 heavy (non-hydrogen) atoms. The van der Waals surface area contributed by atoms with Gasteiger partial charge in [-0.05, 0) is 12.5 Å². The molecule has 0 saturated carbocycles. The Labute approximate surface area is 100 Å². The zero-order valence-corrected chi connectivity index (χ0v) is 10.2. The van der Waals surface area contributed by atoms with Crippen molar-refractivity contribution in [3.63, 3.8) is 0 Å². The van der Waals surface area contributed by atoms with Gasteiger partial charge in [0.2, 0.25) is 0 Å². The fraction of sp³-hybridized carbons (Fsp3) is 0.444. The summed E-state index contributed by atoms with van der Waals surface area (Å²) in [6.45, 7) is 2.08. The summed E-state index contributed by atoms with van der Waals surface area (Å²) in [7, 11) is 0. The first-order valence-electron chi connectivity index (χ1n) is 4.22. The van der Waals surface area contributed by atoms with E-state index in [1.54, 1.807) is 6.07 Å². The van der Waals surface area contributed by atoms with Crippen molar-refractivity contribution in [3.8, 4) is 0 Å². The molecule has 80 valence electrons. The number of aromatic nitrogens is 1. The molecule has 5 heteroatoms. The Morgan fingerprint density at radius 1 is 1.43 bits per heavy atom. The van der Waals surface area contributed by atoms with Crippen LogP contribution in [-0.4, -0.2) is 4.98 Å². The molecule has 0 fully saturated rings. The third kappa shape index (κ3) is 3.62. The first-order chi connectivity index (χ1) is 6.15. The fourth-order valence-electron chi connectivity index (χ4n) is 1.17. The molecule has 1 rings (SSSR count). The Morgan fingerprint density at radius 2 is 2.07 bits per heavy atom. The second kappa shape index (κ2) is 6.46. The summed E-state index contributed by atoms with van der Waals surface area (Å²) in [4.78, 5) is 3.93. The summed E-state index contributed by atoms with van der Waals surface area (Å²) in [6, 6.07) is 3.50. The van der Waals surface area contributed by atoms with Gasteiger partial charge < -0.3 is 5.73 Å². The van der Waals surface area contributed by atoms with Gasteiger partial charge in [-0.15, -0.1) is 12.4 Å². The molecular weight excluding hydrogens is 242 g/mol. The van der Waals surface area contributed by atoms with Crippen LogP contribution in [0.15, 0.2) is 12.1 Å². The Bertz CT molecular complexity index is 291. The number of halogens is 3. The number of pyridine rings is 1. The summed E-state index contributed by atoms with van der Waals surface area (Å²) in [5.74, 6) is 0. The Hall–Kier alpha value is -0.0200. The molecule has 0 saturated heterocycles. The lowest BCUT2D eigenvalue weighted by Crippen LogP contribution is -2.10. The van der Waals surface area contributed by atoms with Crippen LogP contribution in [0.3, 0.4) is 0 Å². The quantitative estimate of drug-likeness (QED) is 0.838. The van der Waals surface area contributed by atoms with Crippen LogP contribution < -0.4 is 5.73 Å². The number of hydrogen-bond acceptors (Lipinski definition) is 2. The molecule has 0 spiro atoms. The van der Waals surface area contributed by atoms with Crippen molar-refractivity contribution in [2.45, 2.75) is 25.8 Å². The molecule has 1 atom stereocenters. The number of nitrogens with zero attached hydrogens (tertiary/aromatic N) is 1. The summed E-state index contributed by atoms with van der Waals surface area (Å²) in [5.41, 5.74) is 6.76. The zero-order chi connectivity index (χ0) is 9.84. The van der Waals surface area contributed by atoms with E-state index in [2.05, 4.69) is 11.9 Å². The molecule has 0 aliphatic carbocycles. The van der Waals surface area contributed by atoms with Gasteiger partial charge in [-0.25, -0.2) is 4.98 Å². The maximum atomic E-state index is 5.89. The van der Waals surface area contributed by atoms with Crippen LogP contribution in [0.4, 0.5) is 0 Å². The van der Waals surface area contributed by atoms with E-state index in [9.17, 15) is 0 Å². The second-order valence-corrected chi connectivity index (χ2v) is 3.65. The van der Waals surface area contributed by atoms with Crippen LogP contribution in [0.2, 0.25) is 10.3 Å². The average molecular weight is 256 g/mol. The second-order valence-electron chi connectivity index (χ2n) is 2.91. The Balaban J connectivity index is 0.00000169. The predicted molar refractivity (Wildman–Crippen MR) is 63.3 cm³/mol. The van der Waals surface area contributed by atoms with Crippen LogP contribution in [0, 0.1) is 0 Å². The Kier molecular flexibility index (Phi) is 6.45. The van der Waals surface area contributed by atoms with E-state index in [-0.39, 0.29) is 18.4 Å². The van der Waals surface area contributed by atoms with E-state index in [0.29, 0.717) is 10.3 Å². The monoisotopic (exact) mass is 254 g/mol. The van der Waals surface area contributed by atoms with Gasteiger partial charge in [-0.1, -0.05) is 42.6 Å². The molecule has 1 heterocycles. The van der Waals surface area contributed by atoms with Crippen LogP contribution in [0.1, 0.15) is 31.4 Å². The molecule has 0 radical (unpaired) electrons. The lowest BCUT2D eigenvalue weighted by atomic mass is 10.1. The van der Waals surface area contributed by atoms with Gasteiger partial charge in [-0.3, -0.25) is 0 Å². The van der Waals surface area contributed by atoms with Crippen molar-refractivity contribution in [2.75, 3.05) is 0 Å². The first-order valence-corrected chi connectivity index (χ1v) is 4.98. The summed E-state index contributed by atoms with van der Waals surface area (Å²) < 4.78 is 0. The maximum Gasteiger partial charge on any atom is 0.135 e. The fourth-order valence-corrected chi connectivity index (χ4v) is 1.65. The topological polar surface area (TPSA) is 38.9 Å². The van der Waals surface area contributed by atoms with Crippen LogP contribution in [0.5, 0.6) is 0 Å². The molecule has 2 N–H and O–H groups in total. The molecule has 0 amide bonds. The molecule has 0 unspecified atom stereocenters. The van der Waals surface area contributed by atoms with E-state index in [4.69, 9.17) is 28.9 Å². The van der Waals surface area contributed by atoms with Crippen molar-refractivity contribution in [1.29, 1.82) is 0 Å². The van der Waals surface area contributed by atoms with E-state index < -0.39 is 0 Å². The Morgan fingerprint density at radius 3 is 2.57 bits per heavy atom. The summed E-state index contributed by atoms with van der Waals surface area (Å²) >= 11 is 11.5. The van der Waals surface area contributed by atoms with Crippen LogP contribution in [-0.2, 0) is 0 Å². The van der Waals surface area contributed by atoms with Gasteiger partial charge in [0.15, 0.2) is 0 Å². The van der Waals surface area contributed by atoms with Crippen molar-refractivity contribution in [1.82, 2.24) is 4.98 Å². The molecule has 0 bridgehead atoms. The highest BCUT2D eigenvalue weighted by Gasteiger charge is 2.10. The van der Waals surface area contributed by atoms with Crippen LogP contribution in [0.25, 0.3) is 0 Å². The number of rotatable bonds is 3. The summed E-state index contributed by atoms with van der Waals surface area (Å²) in [5, 5.41) is 0.811. The van der Waals surface area contributed by atoms with Gasteiger partial charge in [0.25, 0.3) is 0 Å².